The first kappa shape index (κ1) is 21.7. The minimum absolute atomic E-state index is 0.463. The van der Waals surface area contributed by atoms with Crippen LogP contribution < -0.4 is 10.1 Å². The van der Waals surface area contributed by atoms with Crippen LogP contribution in [0.4, 0.5) is 24.7 Å². The average molecular weight is 451 g/mol. The van der Waals surface area contributed by atoms with Crippen molar-refractivity contribution in [3.8, 4) is 16.3 Å². The first-order valence-electron chi connectivity index (χ1n) is 10.3. The fourth-order valence-electron chi connectivity index (χ4n) is 3.62. The van der Waals surface area contributed by atoms with E-state index in [1.165, 1.54) is 18.9 Å². The van der Waals surface area contributed by atoms with Crippen LogP contribution in [0, 0.1) is 5.92 Å². The van der Waals surface area contributed by atoms with Gasteiger partial charge in [-0.05, 0) is 81.7 Å². The second kappa shape index (κ2) is 9.32. The van der Waals surface area contributed by atoms with Gasteiger partial charge in [0.15, 0.2) is 0 Å². The molecule has 0 radical (unpaired) electrons. The Balaban J connectivity index is 1.28. The number of nitrogens with zero attached hydrogens (tertiary/aromatic N) is 2. The lowest BCUT2D eigenvalue weighted by Crippen LogP contribution is -2.30. The summed E-state index contributed by atoms with van der Waals surface area (Å²) in [5.74, 6) is 2.16. The minimum Gasteiger partial charge on any atom is -0.494 e. The number of hydrogen-bond donors (Lipinski definition) is 2. The van der Waals surface area contributed by atoms with Gasteiger partial charge in [-0.1, -0.05) is 0 Å². The lowest BCUT2D eigenvalue weighted by molar-refractivity contribution is -0.134. The minimum atomic E-state index is -4.34. The van der Waals surface area contributed by atoms with Crippen LogP contribution in [0.1, 0.15) is 24.1 Å². The lowest BCUT2D eigenvalue weighted by atomic mass is 9.94. The number of nitrogens with one attached hydrogen (secondary N) is 2. The molecule has 166 valence electrons. The topological polar surface area (TPSA) is 53.2 Å². The predicted octanol–water partition coefficient (Wildman–Crippen LogP) is 6.01. The van der Waals surface area contributed by atoms with Crippen molar-refractivity contribution in [1.29, 1.82) is 0 Å². The summed E-state index contributed by atoms with van der Waals surface area (Å²) in [7, 11) is 2.16. The fraction of sp³-hybridized carbons (Fsp3) is 0.409. The molecule has 31 heavy (non-hydrogen) atoms. The number of hydrogen-bond acceptors (Lipinski definition) is 5. The van der Waals surface area contributed by atoms with Crippen molar-refractivity contribution in [3.05, 3.63) is 47.3 Å². The maximum Gasteiger partial charge on any atom is 0.425 e. The number of halogens is 3. The molecule has 3 aromatic rings. The Morgan fingerprint density at radius 1 is 1.16 bits per heavy atom. The van der Waals surface area contributed by atoms with E-state index in [2.05, 4.69) is 27.5 Å². The van der Waals surface area contributed by atoms with Gasteiger partial charge in [-0.3, -0.25) is 5.10 Å². The SMILES string of the molecule is CN1CCC(CCOc2ccc(Nc3cc(-c4ccc(C(F)(F)F)s4)n[nH]3)cc2)CC1. The standard InChI is InChI=1S/C22H25F3N4OS/c1-29-11-8-15(9-12-29)10-13-30-17-4-2-16(3-5-17)26-21-14-18(27-28-21)19-6-7-20(31-19)22(23,24)25/h2-7,14-15H,8-13H2,1H3,(H2,26,27,28). The monoisotopic (exact) mass is 450 g/mol. The maximum absolute atomic E-state index is 12.8. The summed E-state index contributed by atoms with van der Waals surface area (Å²) in [5, 5.41) is 10.1. The molecule has 0 bridgehead atoms. The molecule has 0 atom stereocenters. The highest BCUT2D eigenvalue weighted by atomic mass is 32.1. The van der Waals surface area contributed by atoms with E-state index in [1.807, 2.05) is 24.3 Å². The summed E-state index contributed by atoms with van der Waals surface area (Å²) in [6.07, 6.45) is -0.795. The molecule has 2 aromatic heterocycles. The number of piperidine rings is 1. The van der Waals surface area contributed by atoms with Crippen LogP contribution in [0.25, 0.3) is 10.6 Å². The number of rotatable bonds is 7. The van der Waals surface area contributed by atoms with Crippen LogP contribution in [-0.2, 0) is 6.18 Å². The van der Waals surface area contributed by atoms with Crippen LogP contribution in [-0.4, -0.2) is 41.8 Å². The van der Waals surface area contributed by atoms with E-state index in [-0.39, 0.29) is 0 Å². The highest BCUT2D eigenvalue weighted by Gasteiger charge is 2.32. The van der Waals surface area contributed by atoms with Gasteiger partial charge in [-0.15, -0.1) is 11.3 Å². The Morgan fingerprint density at radius 2 is 1.90 bits per heavy atom. The number of H-pyrrole nitrogens is 1. The van der Waals surface area contributed by atoms with Crippen LogP contribution in [0.5, 0.6) is 5.75 Å². The lowest BCUT2D eigenvalue weighted by Gasteiger charge is -2.28. The van der Waals surface area contributed by atoms with Crippen molar-refractivity contribution in [2.45, 2.75) is 25.4 Å². The van der Waals surface area contributed by atoms with Gasteiger partial charge in [0, 0.05) is 11.8 Å². The molecule has 0 spiro atoms. The zero-order valence-corrected chi connectivity index (χ0v) is 18.0. The summed E-state index contributed by atoms with van der Waals surface area (Å²) in [5.41, 5.74) is 1.30. The second-order valence-electron chi connectivity index (χ2n) is 7.86. The number of anilines is 2. The smallest absolute Gasteiger partial charge is 0.425 e. The second-order valence-corrected chi connectivity index (χ2v) is 8.95. The molecular formula is C22H25F3N4OS. The fourth-order valence-corrected chi connectivity index (χ4v) is 4.46. The molecule has 9 heteroatoms. The number of ether oxygens (including phenoxy) is 1. The summed E-state index contributed by atoms with van der Waals surface area (Å²) in [6.45, 7) is 3.04. The summed E-state index contributed by atoms with van der Waals surface area (Å²) < 4.78 is 44.2. The van der Waals surface area contributed by atoms with Crippen molar-refractivity contribution in [2.75, 3.05) is 32.1 Å². The van der Waals surface area contributed by atoms with Gasteiger partial charge in [0.05, 0.1) is 11.5 Å². The van der Waals surface area contributed by atoms with Gasteiger partial charge in [0.25, 0.3) is 0 Å². The first-order chi connectivity index (χ1) is 14.9. The van der Waals surface area contributed by atoms with E-state index in [1.54, 1.807) is 6.07 Å². The van der Waals surface area contributed by atoms with E-state index in [9.17, 15) is 13.2 Å². The Kier molecular flexibility index (Phi) is 6.52. The first-order valence-corrected chi connectivity index (χ1v) is 11.1. The number of likely N-dealkylation sites (tertiary alicyclic amines) is 1. The number of alkyl halides is 3. The van der Waals surface area contributed by atoms with Crippen LogP contribution >= 0.6 is 11.3 Å². The molecule has 1 aliphatic rings. The Bertz CT molecular complexity index is 975. The van der Waals surface area contributed by atoms with Gasteiger partial charge in [0.2, 0.25) is 0 Å². The zero-order valence-electron chi connectivity index (χ0n) is 17.2. The molecule has 1 fully saturated rings. The van der Waals surface area contributed by atoms with Crippen molar-refractivity contribution >= 4 is 22.8 Å². The molecular weight excluding hydrogens is 425 g/mol. The maximum atomic E-state index is 12.8. The van der Waals surface area contributed by atoms with Gasteiger partial charge in [0.1, 0.15) is 22.1 Å². The molecule has 0 aliphatic carbocycles. The third-order valence-corrected chi connectivity index (χ3v) is 6.63. The molecule has 1 saturated heterocycles. The molecule has 0 unspecified atom stereocenters. The van der Waals surface area contributed by atoms with Crippen molar-refractivity contribution in [1.82, 2.24) is 15.1 Å². The number of thiophene rings is 1. The molecule has 0 amide bonds. The molecule has 1 aliphatic heterocycles. The van der Waals surface area contributed by atoms with Gasteiger partial charge in [-0.25, -0.2) is 0 Å². The Morgan fingerprint density at radius 3 is 2.58 bits per heavy atom. The quantitative estimate of drug-likeness (QED) is 0.463. The van der Waals surface area contributed by atoms with Crippen LogP contribution in [0.2, 0.25) is 0 Å². The molecule has 1 aromatic carbocycles. The summed E-state index contributed by atoms with van der Waals surface area (Å²) in [6, 6.07) is 11.8. The summed E-state index contributed by atoms with van der Waals surface area (Å²) >= 11 is 0.678. The zero-order chi connectivity index (χ0) is 21.8. The Hall–Kier alpha value is -2.52. The van der Waals surface area contributed by atoms with Gasteiger partial charge < -0.3 is 15.0 Å². The highest BCUT2D eigenvalue weighted by Crippen LogP contribution is 2.38. The van der Waals surface area contributed by atoms with Gasteiger partial charge in [-0.2, -0.15) is 18.3 Å². The third-order valence-electron chi connectivity index (χ3n) is 5.48. The number of aromatic amines is 1. The molecule has 2 N–H and O–H groups in total. The number of benzene rings is 1. The molecule has 5 nitrogen and oxygen atoms in total. The van der Waals surface area contributed by atoms with E-state index >= 15 is 0 Å². The molecule has 3 heterocycles. The van der Waals surface area contributed by atoms with Gasteiger partial charge >= 0.3 is 6.18 Å². The summed E-state index contributed by atoms with van der Waals surface area (Å²) in [4.78, 5) is 2.20. The Labute approximate surface area is 183 Å². The predicted molar refractivity (Wildman–Crippen MR) is 117 cm³/mol. The van der Waals surface area contributed by atoms with E-state index in [0.717, 1.165) is 42.9 Å². The highest BCUT2D eigenvalue weighted by molar-refractivity contribution is 7.15. The van der Waals surface area contributed by atoms with E-state index in [4.69, 9.17) is 4.74 Å². The number of aromatic nitrogens is 2. The molecule has 4 rings (SSSR count). The molecule has 0 saturated carbocycles. The van der Waals surface area contributed by atoms with Crippen LogP contribution in [0.15, 0.2) is 42.5 Å². The van der Waals surface area contributed by atoms with E-state index in [0.29, 0.717) is 34.3 Å². The third kappa shape index (κ3) is 5.80. The van der Waals surface area contributed by atoms with Crippen LogP contribution in [0.3, 0.4) is 0 Å². The van der Waals surface area contributed by atoms with Crippen molar-refractivity contribution < 1.29 is 17.9 Å². The van der Waals surface area contributed by atoms with E-state index < -0.39 is 11.1 Å². The van der Waals surface area contributed by atoms with Crippen molar-refractivity contribution in [2.24, 2.45) is 5.92 Å². The largest absolute Gasteiger partial charge is 0.494 e. The van der Waals surface area contributed by atoms with Crippen molar-refractivity contribution in [3.63, 3.8) is 0 Å². The average Bonchev–Trinajstić information content (AvgIpc) is 3.40. The normalized spacial score (nSPS) is 15.9.